The largest absolute Gasteiger partial charge is 0.493 e. The molecule has 0 saturated heterocycles. The van der Waals surface area contributed by atoms with E-state index in [9.17, 15) is 9.59 Å². The van der Waals surface area contributed by atoms with Crippen molar-refractivity contribution in [3.8, 4) is 5.75 Å². The summed E-state index contributed by atoms with van der Waals surface area (Å²) in [7, 11) is 2.80. The number of amides is 1. The number of carbonyl (C=O) groups excluding carboxylic acids is 2. The Labute approximate surface area is 143 Å². The molecule has 24 heavy (non-hydrogen) atoms. The molecule has 6 nitrogen and oxygen atoms in total. The van der Waals surface area contributed by atoms with Crippen molar-refractivity contribution in [3.05, 3.63) is 23.8 Å². The van der Waals surface area contributed by atoms with Gasteiger partial charge in [-0.15, -0.1) is 0 Å². The van der Waals surface area contributed by atoms with Crippen molar-refractivity contribution in [1.82, 2.24) is 0 Å². The highest BCUT2D eigenvalue weighted by molar-refractivity contribution is 5.99. The zero-order chi connectivity index (χ0) is 18.2. The lowest BCUT2D eigenvalue weighted by Gasteiger charge is -2.25. The number of methoxy groups -OCH3 is 2. The average molecular weight is 337 g/mol. The Kier molecular flexibility index (Phi) is 7.71. The van der Waals surface area contributed by atoms with Crippen LogP contribution in [-0.2, 0) is 14.3 Å². The minimum Gasteiger partial charge on any atom is -0.493 e. The number of anilines is 1. The molecule has 1 atom stereocenters. The fourth-order valence-electron chi connectivity index (χ4n) is 1.99. The molecule has 0 radical (unpaired) electrons. The van der Waals surface area contributed by atoms with Gasteiger partial charge in [0.05, 0.1) is 13.7 Å². The van der Waals surface area contributed by atoms with Gasteiger partial charge in [-0.25, -0.2) is 4.79 Å². The normalized spacial score (nSPS) is 13.0. The molecular formula is C18H27NO5. The van der Waals surface area contributed by atoms with Gasteiger partial charge in [0.25, 0.3) is 5.91 Å². The maximum absolute atomic E-state index is 12.4. The first-order valence-electron chi connectivity index (χ1n) is 8.13. The Balaban J connectivity index is 3.01. The van der Waals surface area contributed by atoms with Gasteiger partial charge in [-0.1, -0.05) is 20.3 Å². The number of ether oxygens (including phenoxy) is 3. The lowest BCUT2D eigenvalue weighted by molar-refractivity contribution is -0.136. The molecule has 0 aliphatic rings. The van der Waals surface area contributed by atoms with Crippen LogP contribution in [0, 0.1) is 0 Å². The van der Waals surface area contributed by atoms with Gasteiger partial charge in [0.2, 0.25) is 0 Å². The summed E-state index contributed by atoms with van der Waals surface area (Å²) in [6.07, 6.45) is 2.41. The molecule has 1 rings (SSSR count). The van der Waals surface area contributed by atoms with E-state index in [1.807, 2.05) is 6.92 Å². The van der Waals surface area contributed by atoms with Crippen LogP contribution in [0.1, 0.15) is 50.4 Å². The van der Waals surface area contributed by atoms with Gasteiger partial charge in [-0.05, 0) is 38.0 Å². The van der Waals surface area contributed by atoms with Crippen LogP contribution in [0.15, 0.2) is 18.2 Å². The summed E-state index contributed by atoms with van der Waals surface area (Å²) in [5.74, 6) is -0.344. The smallest absolute Gasteiger partial charge is 0.341 e. The van der Waals surface area contributed by atoms with Crippen LogP contribution in [0.4, 0.5) is 5.69 Å². The van der Waals surface area contributed by atoms with Crippen molar-refractivity contribution < 1.29 is 23.8 Å². The Bertz CT molecular complexity index is 567. The van der Waals surface area contributed by atoms with Gasteiger partial charge in [-0.3, -0.25) is 4.79 Å². The molecular weight excluding hydrogens is 310 g/mol. The molecule has 0 unspecified atom stereocenters. The Morgan fingerprint density at radius 3 is 2.46 bits per heavy atom. The van der Waals surface area contributed by atoms with E-state index < -0.39 is 11.6 Å². The molecule has 0 heterocycles. The van der Waals surface area contributed by atoms with E-state index in [1.165, 1.54) is 14.2 Å². The predicted molar refractivity (Wildman–Crippen MR) is 92.5 cm³/mol. The van der Waals surface area contributed by atoms with Crippen molar-refractivity contribution in [1.29, 1.82) is 0 Å². The molecule has 1 N–H and O–H groups in total. The zero-order valence-electron chi connectivity index (χ0n) is 15.1. The van der Waals surface area contributed by atoms with Crippen molar-refractivity contribution in [2.45, 2.75) is 45.6 Å². The summed E-state index contributed by atoms with van der Waals surface area (Å²) in [5.41, 5.74) is -0.163. The second kappa shape index (κ2) is 9.27. The summed E-state index contributed by atoms with van der Waals surface area (Å²) in [6, 6.07) is 4.90. The number of esters is 1. The lowest BCUT2D eigenvalue weighted by Crippen LogP contribution is -2.41. The van der Waals surface area contributed by atoms with E-state index in [0.29, 0.717) is 24.5 Å². The minimum absolute atomic E-state index is 0.275. The predicted octanol–water partition coefficient (Wildman–Crippen LogP) is 3.41. The highest BCUT2D eigenvalue weighted by atomic mass is 16.5. The lowest BCUT2D eigenvalue weighted by atomic mass is 10.0. The van der Waals surface area contributed by atoms with Crippen LogP contribution in [0.2, 0.25) is 0 Å². The third kappa shape index (κ3) is 4.96. The molecule has 0 bridgehead atoms. The molecule has 1 amide bonds. The second-order valence-corrected chi connectivity index (χ2v) is 5.65. The summed E-state index contributed by atoms with van der Waals surface area (Å²) in [5, 5.41) is 2.77. The van der Waals surface area contributed by atoms with Crippen LogP contribution >= 0.6 is 0 Å². The molecule has 0 aromatic heterocycles. The molecule has 0 aliphatic heterocycles. The number of unbranched alkanes of at least 4 members (excludes halogenated alkanes) is 1. The van der Waals surface area contributed by atoms with Gasteiger partial charge >= 0.3 is 5.97 Å². The second-order valence-electron chi connectivity index (χ2n) is 5.65. The van der Waals surface area contributed by atoms with Crippen molar-refractivity contribution in [3.63, 3.8) is 0 Å². The van der Waals surface area contributed by atoms with Crippen molar-refractivity contribution >= 4 is 17.6 Å². The fourth-order valence-corrected chi connectivity index (χ4v) is 1.99. The molecule has 1 aromatic carbocycles. The number of hydrogen-bond acceptors (Lipinski definition) is 5. The monoisotopic (exact) mass is 337 g/mol. The van der Waals surface area contributed by atoms with E-state index in [1.54, 1.807) is 25.1 Å². The van der Waals surface area contributed by atoms with Gasteiger partial charge in [0.15, 0.2) is 0 Å². The highest BCUT2D eigenvalue weighted by Gasteiger charge is 2.31. The summed E-state index contributed by atoms with van der Waals surface area (Å²) in [4.78, 5) is 24.3. The van der Waals surface area contributed by atoms with Crippen LogP contribution < -0.4 is 10.1 Å². The minimum atomic E-state index is -0.929. The van der Waals surface area contributed by atoms with Crippen molar-refractivity contribution in [2.24, 2.45) is 0 Å². The van der Waals surface area contributed by atoms with Gasteiger partial charge < -0.3 is 19.5 Å². The highest BCUT2D eigenvalue weighted by Crippen LogP contribution is 2.25. The molecule has 0 fully saturated rings. The SMILES string of the molecule is CCCCOc1ccc(NC(=O)[C@@](C)(CC)OC)cc1C(=O)OC. The Hall–Kier alpha value is -2.08. The third-order valence-electron chi connectivity index (χ3n) is 4.00. The topological polar surface area (TPSA) is 73.9 Å². The average Bonchev–Trinajstić information content (AvgIpc) is 2.61. The van der Waals surface area contributed by atoms with Gasteiger partial charge in [0.1, 0.15) is 16.9 Å². The first kappa shape index (κ1) is 20.0. The van der Waals surface area contributed by atoms with E-state index in [2.05, 4.69) is 12.2 Å². The first-order valence-corrected chi connectivity index (χ1v) is 8.13. The molecule has 6 heteroatoms. The fraction of sp³-hybridized carbons (Fsp3) is 0.556. The maximum Gasteiger partial charge on any atom is 0.341 e. The van der Waals surface area contributed by atoms with E-state index in [-0.39, 0.29) is 11.5 Å². The number of benzene rings is 1. The van der Waals surface area contributed by atoms with Crippen LogP contribution in [0.25, 0.3) is 0 Å². The summed E-state index contributed by atoms with van der Waals surface area (Å²) in [6.45, 7) is 6.16. The molecule has 0 saturated carbocycles. The van der Waals surface area contributed by atoms with E-state index >= 15 is 0 Å². The molecule has 0 aliphatic carbocycles. The number of hydrogen-bond donors (Lipinski definition) is 1. The molecule has 0 spiro atoms. The molecule has 134 valence electrons. The van der Waals surface area contributed by atoms with E-state index in [0.717, 1.165) is 12.8 Å². The number of rotatable bonds is 9. The van der Waals surface area contributed by atoms with Crippen LogP contribution in [0.3, 0.4) is 0 Å². The van der Waals surface area contributed by atoms with Gasteiger partial charge in [0, 0.05) is 12.8 Å². The standard InChI is InChI=1S/C18H27NO5/c1-6-8-11-24-15-10-9-13(12-14(15)16(20)22-4)19-17(21)18(3,7-2)23-5/h9-10,12H,6-8,11H2,1-5H3,(H,19,21)/t18-/m1/s1. The quantitative estimate of drug-likeness (QED) is 0.552. The van der Waals surface area contributed by atoms with Crippen LogP contribution in [0.5, 0.6) is 5.75 Å². The zero-order valence-corrected chi connectivity index (χ0v) is 15.1. The molecule has 1 aromatic rings. The maximum atomic E-state index is 12.4. The van der Waals surface area contributed by atoms with Crippen LogP contribution in [-0.4, -0.2) is 38.3 Å². The summed E-state index contributed by atoms with van der Waals surface area (Å²) < 4.78 is 15.7. The van der Waals surface area contributed by atoms with Gasteiger partial charge in [-0.2, -0.15) is 0 Å². The first-order chi connectivity index (χ1) is 11.4. The Morgan fingerprint density at radius 1 is 1.21 bits per heavy atom. The van der Waals surface area contributed by atoms with Crippen molar-refractivity contribution in [2.75, 3.05) is 26.1 Å². The number of nitrogens with one attached hydrogen (secondary N) is 1. The van der Waals surface area contributed by atoms with E-state index in [4.69, 9.17) is 14.2 Å². The number of carbonyl (C=O) groups is 2. The summed E-state index contributed by atoms with van der Waals surface area (Å²) >= 11 is 0. The third-order valence-corrected chi connectivity index (χ3v) is 4.00. The Morgan fingerprint density at radius 2 is 1.92 bits per heavy atom.